The Morgan fingerprint density at radius 1 is 1.00 bits per heavy atom. The molecule has 0 saturated carbocycles. The highest BCUT2D eigenvalue weighted by Crippen LogP contribution is 2.21. The van der Waals surface area contributed by atoms with Gasteiger partial charge in [-0.1, -0.05) is 30.3 Å². The molecule has 2 aromatic carbocycles. The van der Waals surface area contributed by atoms with E-state index >= 15 is 0 Å². The molecule has 1 aliphatic heterocycles. The third kappa shape index (κ3) is 6.91. The zero-order chi connectivity index (χ0) is 23.8. The Bertz CT molecular complexity index is 1070. The number of fused-ring (bicyclic) bond motifs is 1. The van der Waals surface area contributed by atoms with Crippen LogP contribution in [0.4, 0.5) is 5.82 Å². The van der Waals surface area contributed by atoms with E-state index in [1.165, 1.54) is 0 Å². The molecule has 0 unspecified atom stereocenters. The Morgan fingerprint density at radius 3 is 2.50 bits per heavy atom. The van der Waals surface area contributed by atoms with Crippen LogP contribution in [0.5, 0.6) is 0 Å². The number of nitrogens with zero attached hydrogens (tertiary/aromatic N) is 5. The van der Waals surface area contributed by atoms with Crippen molar-refractivity contribution in [1.82, 2.24) is 24.7 Å². The largest absolute Gasteiger partial charge is 0.369 e. The molecule has 3 aromatic rings. The number of benzene rings is 2. The molecule has 0 atom stereocenters. The number of hydrogen-bond donors (Lipinski definition) is 1. The van der Waals surface area contributed by atoms with Crippen molar-refractivity contribution >= 4 is 34.4 Å². The lowest BCUT2D eigenvalue weighted by molar-refractivity contribution is -0.130. The molecule has 1 N–H and O–H groups in total. The Hall–Kier alpha value is -2.68. The first-order valence-electron chi connectivity index (χ1n) is 11.9. The number of rotatable bonds is 10. The number of piperazine rings is 1. The summed E-state index contributed by atoms with van der Waals surface area (Å²) in [6.07, 6.45) is 1.05. The van der Waals surface area contributed by atoms with Gasteiger partial charge in [-0.05, 0) is 51.3 Å². The van der Waals surface area contributed by atoms with Crippen LogP contribution in [-0.4, -0.2) is 89.7 Å². The van der Waals surface area contributed by atoms with E-state index < -0.39 is 0 Å². The SMILES string of the molecule is CN(C)CCCNc1nc(CN2CCN(C(=O)CSc3ccccc3)CC2)nc2ccccc12. The van der Waals surface area contributed by atoms with Gasteiger partial charge < -0.3 is 15.1 Å². The molecule has 0 radical (unpaired) electrons. The van der Waals surface area contributed by atoms with Crippen molar-refractivity contribution in [2.45, 2.75) is 17.9 Å². The van der Waals surface area contributed by atoms with E-state index in [9.17, 15) is 4.79 Å². The van der Waals surface area contributed by atoms with Gasteiger partial charge in [0, 0.05) is 43.0 Å². The van der Waals surface area contributed by atoms with Crippen molar-refractivity contribution < 1.29 is 4.79 Å². The van der Waals surface area contributed by atoms with E-state index in [2.05, 4.69) is 35.3 Å². The summed E-state index contributed by atoms with van der Waals surface area (Å²) in [5.41, 5.74) is 0.967. The van der Waals surface area contributed by atoms with Gasteiger partial charge in [0.25, 0.3) is 0 Å². The molecule has 1 fully saturated rings. The van der Waals surface area contributed by atoms with Gasteiger partial charge in [0.2, 0.25) is 5.91 Å². The van der Waals surface area contributed by atoms with E-state index in [0.717, 1.165) is 73.1 Å². The van der Waals surface area contributed by atoms with Gasteiger partial charge in [0.05, 0.1) is 17.8 Å². The first-order chi connectivity index (χ1) is 16.6. The number of anilines is 1. The van der Waals surface area contributed by atoms with Crippen LogP contribution in [0.2, 0.25) is 0 Å². The van der Waals surface area contributed by atoms with Gasteiger partial charge in [-0.3, -0.25) is 9.69 Å². The first kappa shape index (κ1) is 24.4. The number of nitrogens with one attached hydrogen (secondary N) is 1. The van der Waals surface area contributed by atoms with Crippen LogP contribution in [0.3, 0.4) is 0 Å². The molecule has 180 valence electrons. The normalized spacial score (nSPS) is 14.6. The smallest absolute Gasteiger partial charge is 0.233 e. The van der Waals surface area contributed by atoms with Crippen LogP contribution in [0, 0.1) is 0 Å². The maximum absolute atomic E-state index is 12.6. The Kier molecular flexibility index (Phi) is 8.73. The molecule has 8 heteroatoms. The van der Waals surface area contributed by atoms with Crippen molar-refractivity contribution in [3.8, 4) is 0 Å². The van der Waals surface area contributed by atoms with Gasteiger partial charge in [-0.2, -0.15) is 0 Å². The predicted molar refractivity (Wildman–Crippen MR) is 140 cm³/mol. The minimum atomic E-state index is 0.208. The summed E-state index contributed by atoms with van der Waals surface area (Å²) in [5.74, 6) is 2.43. The summed E-state index contributed by atoms with van der Waals surface area (Å²) in [4.78, 5) is 30.0. The highest BCUT2D eigenvalue weighted by molar-refractivity contribution is 8.00. The Morgan fingerprint density at radius 2 is 1.74 bits per heavy atom. The monoisotopic (exact) mass is 478 g/mol. The molecule has 0 bridgehead atoms. The lowest BCUT2D eigenvalue weighted by Crippen LogP contribution is -2.49. The van der Waals surface area contributed by atoms with Crippen LogP contribution < -0.4 is 5.32 Å². The summed E-state index contributed by atoms with van der Waals surface area (Å²) in [7, 11) is 4.18. The quantitative estimate of drug-likeness (QED) is 0.354. The fourth-order valence-corrected chi connectivity index (χ4v) is 4.86. The van der Waals surface area contributed by atoms with E-state index in [-0.39, 0.29) is 5.91 Å². The molecule has 1 aromatic heterocycles. The zero-order valence-electron chi connectivity index (χ0n) is 20.1. The topological polar surface area (TPSA) is 64.6 Å². The molecule has 7 nitrogen and oxygen atoms in total. The molecular formula is C26H34N6OS. The standard InChI is InChI=1S/C26H34N6OS/c1-30(2)14-8-13-27-26-22-11-6-7-12-23(22)28-24(29-26)19-31-15-17-32(18-16-31)25(33)20-34-21-9-4-3-5-10-21/h3-7,9-12H,8,13-20H2,1-2H3,(H,27,28,29). The number of amides is 1. The van der Waals surface area contributed by atoms with E-state index in [1.807, 2.05) is 53.4 Å². The second-order valence-electron chi connectivity index (χ2n) is 8.85. The van der Waals surface area contributed by atoms with Gasteiger partial charge in [-0.25, -0.2) is 9.97 Å². The minimum Gasteiger partial charge on any atom is -0.369 e. The highest BCUT2D eigenvalue weighted by atomic mass is 32.2. The second-order valence-corrected chi connectivity index (χ2v) is 9.90. The first-order valence-corrected chi connectivity index (χ1v) is 12.9. The van der Waals surface area contributed by atoms with E-state index in [0.29, 0.717) is 12.3 Å². The molecule has 1 aliphatic rings. The van der Waals surface area contributed by atoms with Gasteiger partial charge in [-0.15, -0.1) is 11.8 Å². The third-order valence-electron chi connectivity index (χ3n) is 5.92. The van der Waals surface area contributed by atoms with Crippen LogP contribution >= 0.6 is 11.8 Å². The van der Waals surface area contributed by atoms with Gasteiger partial charge in [0.1, 0.15) is 11.6 Å². The molecule has 0 aliphatic carbocycles. The van der Waals surface area contributed by atoms with E-state index in [1.54, 1.807) is 11.8 Å². The lowest BCUT2D eigenvalue weighted by Gasteiger charge is -2.34. The van der Waals surface area contributed by atoms with Gasteiger partial charge in [0.15, 0.2) is 0 Å². The van der Waals surface area contributed by atoms with Crippen LogP contribution in [0.15, 0.2) is 59.5 Å². The molecule has 2 heterocycles. The average Bonchev–Trinajstić information content (AvgIpc) is 2.86. The molecule has 0 spiro atoms. The predicted octanol–water partition coefficient (Wildman–Crippen LogP) is 3.43. The second kappa shape index (κ2) is 12.1. The number of para-hydroxylation sites is 1. The lowest BCUT2D eigenvalue weighted by atomic mass is 10.2. The average molecular weight is 479 g/mol. The summed E-state index contributed by atoms with van der Waals surface area (Å²) < 4.78 is 0. The number of thioether (sulfide) groups is 1. The van der Waals surface area contributed by atoms with Crippen LogP contribution in [-0.2, 0) is 11.3 Å². The summed E-state index contributed by atoms with van der Waals surface area (Å²) in [6, 6.07) is 18.3. The fraction of sp³-hybridized carbons (Fsp3) is 0.423. The van der Waals surface area contributed by atoms with Crippen molar-refractivity contribution in [2.24, 2.45) is 0 Å². The van der Waals surface area contributed by atoms with Crippen molar-refractivity contribution in [1.29, 1.82) is 0 Å². The third-order valence-corrected chi connectivity index (χ3v) is 6.92. The van der Waals surface area contributed by atoms with Crippen molar-refractivity contribution in [3.05, 3.63) is 60.4 Å². The maximum Gasteiger partial charge on any atom is 0.233 e. The summed E-state index contributed by atoms with van der Waals surface area (Å²) in [6.45, 7) is 5.77. The molecule has 1 amide bonds. The molecule has 1 saturated heterocycles. The van der Waals surface area contributed by atoms with Crippen LogP contribution in [0.1, 0.15) is 12.2 Å². The number of carbonyl (C=O) groups excluding carboxylic acids is 1. The molecule has 4 rings (SSSR count). The molecular weight excluding hydrogens is 444 g/mol. The Balaban J connectivity index is 1.31. The minimum absolute atomic E-state index is 0.208. The Labute approximate surface area is 206 Å². The number of carbonyl (C=O) groups is 1. The van der Waals surface area contributed by atoms with Gasteiger partial charge >= 0.3 is 0 Å². The summed E-state index contributed by atoms with van der Waals surface area (Å²) >= 11 is 1.60. The summed E-state index contributed by atoms with van der Waals surface area (Å²) in [5, 5.41) is 4.58. The van der Waals surface area contributed by atoms with Crippen molar-refractivity contribution in [3.63, 3.8) is 0 Å². The number of aromatic nitrogens is 2. The number of hydrogen-bond acceptors (Lipinski definition) is 7. The molecule has 34 heavy (non-hydrogen) atoms. The van der Waals surface area contributed by atoms with Crippen molar-refractivity contribution in [2.75, 3.05) is 64.4 Å². The van der Waals surface area contributed by atoms with E-state index in [4.69, 9.17) is 9.97 Å². The highest BCUT2D eigenvalue weighted by Gasteiger charge is 2.22. The fourth-order valence-electron chi connectivity index (χ4n) is 4.04. The van der Waals surface area contributed by atoms with Crippen LogP contribution in [0.25, 0.3) is 10.9 Å². The zero-order valence-corrected chi connectivity index (χ0v) is 20.9. The maximum atomic E-state index is 12.6.